The van der Waals surface area contributed by atoms with Crippen molar-refractivity contribution in [3.63, 3.8) is 0 Å². The summed E-state index contributed by atoms with van der Waals surface area (Å²) in [4.78, 5) is 27.9. The normalized spacial score (nSPS) is 27.4. The van der Waals surface area contributed by atoms with Crippen LogP contribution in [0.4, 0.5) is 0 Å². The lowest BCUT2D eigenvalue weighted by Gasteiger charge is -2.39. The third kappa shape index (κ3) is 4.41. The van der Waals surface area contributed by atoms with E-state index in [1.54, 1.807) is 11.8 Å². The van der Waals surface area contributed by atoms with Crippen molar-refractivity contribution in [1.82, 2.24) is 15.1 Å². The van der Waals surface area contributed by atoms with Gasteiger partial charge in [-0.2, -0.15) is 0 Å². The van der Waals surface area contributed by atoms with Crippen molar-refractivity contribution < 1.29 is 14.3 Å². The molecule has 0 aromatic heterocycles. The van der Waals surface area contributed by atoms with E-state index >= 15 is 0 Å². The van der Waals surface area contributed by atoms with Crippen LogP contribution >= 0.6 is 0 Å². The second kappa shape index (κ2) is 7.22. The molecule has 0 saturated carbocycles. The van der Waals surface area contributed by atoms with E-state index in [2.05, 4.69) is 10.2 Å². The molecule has 2 rings (SSSR count). The fourth-order valence-corrected chi connectivity index (χ4v) is 2.97. The lowest BCUT2D eigenvalue weighted by atomic mass is 10.0. The van der Waals surface area contributed by atoms with E-state index in [0.29, 0.717) is 26.2 Å². The van der Waals surface area contributed by atoms with E-state index in [1.807, 2.05) is 0 Å². The number of ether oxygens (including phenoxy) is 1. The van der Waals surface area contributed by atoms with Gasteiger partial charge in [0.2, 0.25) is 5.91 Å². The van der Waals surface area contributed by atoms with Gasteiger partial charge in [0, 0.05) is 26.6 Å². The standard InChI is InChI=1S/C15H27N3O3/c1-13(19)18-10-11-21-15(2,12-18)14(20)16-6-9-17-7-4-3-5-8-17/h3-12H2,1-2H3,(H,16,20). The van der Waals surface area contributed by atoms with Crippen LogP contribution < -0.4 is 5.32 Å². The summed E-state index contributed by atoms with van der Waals surface area (Å²) < 4.78 is 5.63. The highest BCUT2D eigenvalue weighted by Crippen LogP contribution is 2.18. The third-order valence-electron chi connectivity index (χ3n) is 4.36. The summed E-state index contributed by atoms with van der Waals surface area (Å²) in [5.41, 5.74) is -0.925. The first-order valence-electron chi connectivity index (χ1n) is 7.91. The second-order valence-corrected chi connectivity index (χ2v) is 6.18. The number of carbonyl (C=O) groups is 2. The quantitative estimate of drug-likeness (QED) is 0.807. The van der Waals surface area contributed by atoms with Crippen molar-refractivity contribution in [1.29, 1.82) is 0 Å². The second-order valence-electron chi connectivity index (χ2n) is 6.18. The van der Waals surface area contributed by atoms with Gasteiger partial charge in [0.15, 0.2) is 5.60 Å². The molecule has 0 bridgehead atoms. The number of likely N-dealkylation sites (tertiary alicyclic amines) is 1. The summed E-state index contributed by atoms with van der Waals surface area (Å²) >= 11 is 0. The molecule has 1 unspecified atom stereocenters. The molecule has 120 valence electrons. The Morgan fingerprint density at radius 3 is 2.57 bits per heavy atom. The number of nitrogens with zero attached hydrogens (tertiary/aromatic N) is 2. The zero-order valence-corrected chi connectivity index (χ0v) is 13.2. The molecule has 6 heteroatoms. The number of rotatable bonds is 4. The highest BCUT2D eigenvalue weighted by molar-refractivity contribution is 5.86. The van der Waals surface area contributed by atoms with Gasteiger partial charge < -0.3 is 19.9 Å². The van der Waals surface area contributed by atoms with E-state index in [4.69, 9.17) is 4.74 Å². The molecule has 1 N–H and O–H groups in total. The lowest BCUT2D eigenvalue weighted by molar-refractivity contribution is -0.162. The number of hydrogen-bond acceptors (Lipinski definition) is 4. The maximum atomic E-state index is 12.3. The average molecular weight is 297 g/mol. The molecule has 2 heterocycles. The number of morpholine rings is 1. The van der Waals surface area contributed by atoms with Crippen molar-refractivity contribution in [2.24, 2.45) is 0 Å². The van der Waals surface area contributed by atoms with Crippen molar-refractivity contribution in [2.75, 3.05) is 45.9 Å². The predicted octanol–water partition coefficient (Wildman–Crippen LogP) is 0.226. The minimum atomic E-state index is -0.925. The Morgan fingerprint density at radius 2 is 1.90 bits per heavy atom. The average Bonchev–Trinajstić information content (AvgIpc) is 2.48. The molecule has 0 aromatic carbocycles. The van der Waals surface area contributed by atoms with Crippen molar-refractivity contribution in [2.45, 2.75) is 38.7 Å². The van der Waals surface area contributed by atoms with Crippen LogP contribution in [-0.2, 0) is 14.3 Å². The van der Waals surface area contributed by atoms with Gasteiger partial charge in [-0.3, -0.25) is 9.59 Å². The summed E-state index contributed by atoms with van der Waals surface area (Å²) in [6.45, 7) is 8.37. The Hall–Kier alpha value is -1.14. The van der Waals surface area contributed by atoms with Crippen LogP contribution in [0.1, 0.15) is 33.1 Å². The minimum absolute atomic E-state index is 0.00867. The van der Waals surface area contributed by atoms with Crippen molar-refractivity contribution in [3.05, 3.63) is 0 Å². The van der Waals surface area contributed by atoms with Crippen molar-refractivity contribution >= 4 is 11.8 Å². The SMILES string of the molecule is CC(=O)N1CCOC(C)(C(=O)NCCN2CCCCC2)C1. The molecule has 0 spiro atoms. The molecule has 2 aliphatic rings. The van der Waals surface area contributed by atoms with Gasteiger partial charge >= 0.3 is 0 Å². The number of amides is 2. The van der Waals surface area contributed by atoms with Gasteiger partial charge in [-0.25, -0.2) is 0 Å². The molecule has 2 amide bonds. The van der Waals surface area contributed by atoms with E-state index < -0.39 is 5.60 Å². The Bertz CT molecular complexity index is 382. The van der Waals surface area contributed by atoms with E-state index in [0.717, 1.165) is 19.6 Å². The minimum Gasteiger partial charge on any atom is -0.362 e. The monoisotopic (exact) mass is 297 g/mol. The Balaban J connectivity index is 1.77. The van der Waals surface area contributed by atoms with Crippen LogP contribution in [0.2, 0.25) is 0 Å². The van der Waals surface area contributed by atoms with Crippen LogP contribution in [0.5, 0.6) is 0 Å². The molecular formula is C15H27N3O3. The fraction of sp³-hybridized carbons (Fsp3) is 0.867. The molecule has 0 aromatic rings. The Morgan fingerprint density at radius 1 is 1.19 bits per heavy atom. The molecule has 0 radical (unpaired) electrons. The maximum absolute atomic E-state index is 12.3. The predicted molar refractivity (Wildman–Crippen MR) is 79.9 cm³/mol. The van der Waals surface area contributed by atoms with E-state index in [-0.39, 0.29) is 11.8 Å². The Kier molecular flexibility index (Phi) is 5.58. The maximum Gasteiger partial charge on any atom is 0.253 e. The first-order valence-corrected chi connectivity index (χ1v) is 7.91. The smallest absolute Gasteiger partial charge is 0.253 e. The molecule has 1 atom stereocenters. The summed E-state index contributed by atoms with van der Waals surface area (Å²) in [5.74, 6) is -0.129. The highest BCUT2D eigenvalue weighted by Gasteiger charge is 2.39. The zero-order chi connectivity index (χ0) is 15.3. The van der Waals surface area contributed by atoms with Crippen LogP contribution in [0.3, 0.4) is 0 Å². The highest BCUT2D eigenvalue weighted by atomic mass is 16.5. The first-order chi connectivity index (χ1) is 10.0. The van der Waals surface area contributed by atoms with Crippen molar-refractivity contribution in [3.8, 4) is 0 Å². The van der Waals surface area contributed by atoms with Gasteiger partial charge in [0.25, 0.3) is 5.91 Å². The van der Waals surface area contributed by atoms with Crippen LogP contribution in [0, 0.1) is 0 Å². The lowest BCUT2D eigenvalue weighted by Crippen LogP contribution is -2.59. The largest absolute Gasteiger partial charge is 0.362 e. The fourth-order valence-electron chi connectivity index (χ4n) is 2.97. The molecular weight excluding hydrogens is 270 g/mol. The zero-order valence-electron chi connectivity index (χ0n) is 13.2. The van der Waals surface area contributed by atoms with Gasteiger partial charge in [0.1, 0.15) is 0 Å². The molecule has 21 heavy (non-hydrogen) atoms. The topological polar surface area (TPSA) is 61.9 Å². The summed E-state index contributed by atoms with van der Waals surface area (Å²) in [7, 11) is 0. The number of hydrogen-bond donors (Lipinski definition) is 1. The third-order valence-corrected chi connectivity index (χ3v) is 4.36. The molecule has 2 fully saturated rings. The molecule has 0 aliphatic carbocycles. The molecule has 2 aliphatic heterocycles. The van der Waals surface area contributed by atoms with Gasteiger partial charge in [-0.05, 0) is 32.9 Å². The van der Waals surface area contributed by atoms with Gasteiger partial charge in [0.05, 0.1) is 13.2 Å². The molecule has 6 nitrogen and oxygen atoms in total. The first kappa shape index (κ1) is 16.2. The van der Waals surface area contributed by atoms with E-state index in [9.17, 15) is 9.59 Å². The number of carbonyl (C=O) groups excluding carboxylic acids is 2. The summed E-state index contributed by atoms with van der Waals surface area (Å²) in [6.07, 6.45) is 3.82. The number of piperidine rings is 1. The Labute approximate surface area is 126 Å². The van der Waals surface area contributed by atoms with E-state index in [1.165, 1.54) is 26.2 Å². The van der Waals surface area contributed by atoms with Crippen LogP contribution in [0.25, 0.3) is 0 Å². The van der Waals surface area contributed by atoms with Gasteiger partial charge in [-0.15, -0.1) is 0 Å². The molecule has 2 saturated heterocycles. The van der Waals surface area contributed by atoms with Crippen LogP contribution in [-0.4, -0.2) is 73.1 Å². The van der Waals surface area contributed by atoms with Gasteiger partial charge in [-0.1, -0.05) is 6.42 Å². The number of nitrogens with one attached hydrogen (secondary N) is 1. The summed E-state index contributed by atoms with van der Waals surface area (Å²) in [6, 6.07) is 0. The van der Waals surface area contributed by atoms with Crippen LogP contribution in [0.15, 0.2) is 0 Å². The summed E-state index contributed by atoms with van der Waals surface area (Å²) in [5, 5.41) is 2.96.